The van der Waals surface area contributed by atoms with Crippen molar-refractivity contribution in [3.8, 4) is 5.75 Å². The van der Waals surface area contributed by atoms with E-state index in [0.717, 1.165) is 17.0 Å². The molecule has 0 aromatic heterocycles. The molecule has 0 radical (unpaired) electrons. The average molecular weight is 432 g/mol. The molecular weight excluding hydrogens is 402 g/mol. The highest BCUT2D eigenvalue weighted by Gasteiger charge is 2.12. The number of anilines is 2. The van der Waals surface area contributed by atoms with Crippen molar-refractivity contribution in [1.29, 1.82) is 0 Å². The molecule has 0 fully saturated rings. The third kappa shape index (κ3) is 6.87. The second-order valence-corrected chi connectivity index (χ2v) is 7.78. The van der Waals surface area contributed by atoms with Crippen molar-refractivity contribution in [3.63, 3.8) is 0 Å². The van der Waals surface area contributed by atoms with Gasteiger partial charge in [0.15, 0.2) is 0 Å². The van der Waals surface area contributed by atoms with Gasteiger partial charge in [0, 0.05) is 16.9 Å². The van der Waals surface area contributed by atoms with E-state index in [4.69, 9.17) is 4.74 Å². The van der Waals surface area contributed by atoms with Crippen LogP contribution in [-0.2, 0) is 4.79 Å². The predicted molar refractivity (Wildman–Crippen MR) is 128 cm³/mol. The number of ether oxygens (including phenoxy) is 1. The summed E-state index contributed by atoms with van der Waals surface area (Å²) in [6.45, 7) is 5.98. The highest BCUT2D eigenvalue weighted by atomic mass is 16.5. The summed E-state index contributed by atoms with van der Waals surface area (Å²) in [7, 11) is 0. The van der Waals surface area contributed by atoms with Crippen molar-refractivity contribution in [1.82, 2.24) is 5.32 Å². The van der Waals surface area contributed by atoms with E-state index >= 15 is 0 Å². The van der Waals surface area contributed by atoms with Crippen LogP contribution in [0.5, 0.6) is 5.75 Å². The summed E-state index contributed by atoms with van der Waals surface area (Å²) in [6.07, 6.45) is 0.110. The highest BCUT2D eigenvalue weighted by Crippen LogP contribution is 2.17. The Morgan fingerprint density at radius 1 is 0.844 bits per heavy atom. The molecule has 3 rings (SSSR count). The number of carbonyl (C=O) groups is 2. The third-order valence-electron chi connectivity index (χ3n) is 4.73. The molecule has 0 aliphatic carbocycles. The van der Waals surface area contributed by atoms with Crippen LogP contribution in [-0.4, -0.2) is 24.5 Å². The molecule has 6 nitrogen and oxygen atoms in total. The Labute approximate surface area is 189 Å². The number of nitrogens with one attached hydrogen (secondary N) is 3. The zero-order valence-electron chi connectivity index (χ0n) is 18.6. The van der Waals surface area contributed by atoms with Crippen molar-refractivity contribution < 1.29 is 14.3 Å². The van der Waals surface area contributed by atoms with Gasteiger partial charge in [-0.25, -0.2) is 0 Å². The second-order valence-electron chi connectivity index (χ2n) is 7.78. The number of hydrogen-bond acceptors (Lipinski definition) is 4. The van der Waals surface area contributed by atoms with Gasteiger partial charge in [-0.2, -0.15) is 0 Å². The first-order valence-corrected chi connectivity index (χ1v) is 10.7. The lowest BCUT2D eigenvalue weighted by atomic mass is 10.1. The monoisotopic (exact) mass is 431 g/mol. The molecule has 0 aliphatic rings. The van der Waals surface area contributed by atoms with Crippen LogP contribution in [0.4, 0.5) is 11.4 Å². The Balaban J connectivity index is 1.52. The molecule has 2 amide bonds. The number of benzene rings is 3. The first-order valence-electron chi connectivity index (χ1n) is 10.7. The number of hydrogen-bond donors (Lipinski definition) is 3. The van der Waals surface area contributed by atoms with E-state index in [1.165, 1.54) is 0 Å². The minimum absolute atomic E-state index is 0.103. The minimum Gasteiger partial charge on any atom is -0.491 e. The van der Waals surface area contributed by atoms with Crippen LogP contribution < -0.4 is 20.7 Å². The molecule has 3 aromatic carbocycles. The van der Waals surface area contributed by atoms with Gasteiger partial charge in [-0.3, -0.25) is 9.59 Å². The van der Waals surface area contributed by atoms with E-state index in [0.29, 0.717) is 11.3 Å². The van der Waals surface area contributed by atoms with Crippen molar-refractivity contribution in [2.45, 2.75) is 32.9 Å². The number of rotatable bonds is 9. The van der Waals surface area contributed by atoms with Crippen LogP contribution in [0.15, 0.2) is 78.9 Å². The maximum Gasteiger partial charge on any atom is 0.251 e. The first kappa shape index (κ1) is 22.9. The standard InChI is InChI=1S/C26H29N3O3/c1-18(2)32-24-14-12-22(13-15-24)27-17-25(30)29-23-11-7-10-21(16-23)26(31)28-19(3)20-8-5-4-6-9-20/h4-16,18-19,27H,17H2,1-3H3,(H,28,31)(H,29,30). The van der Waals surface area contributed by atoms with Gasteiger partial charge < -0.3 is 20.7 Å². The molecule has 3 N–H and O–H groups in total. The summed E-state index contributed by atoms with van der Waals surface area (Å²) in [6, 6.07) is 24.0. The molecule has 1 unspecified atom stereocenters. The molecule has 3 aromatic rings. The SMILES string of the molecule is CC(C)Oc1ccc(NCC(=O)Nc2cccc(C(=O)NC(C)c3ccccc3)c2)cc1. The molecule has 1 atom stereocenters. The molecule has 0 saturated carbocycles. The van der Waals surface area contributed by atoms with Crippen molar-refractivity contribution in [2.75, 3.05) is 17.2 Å². The Hall–Kier alpha value is -3.80. The van der Waals surface area contributed by atoms with Crippen LogP contribution in [0.1, 0.15) is 42.7 Å². The number of carbonyl (C=O) groups excluding carboxylic acids is 2. The smallest absolute Gasteiger partial charge is 0.251 e. The molecule has 0 spiro atoms. The normalized spacial score (nSPS) is 11.5. The van der Waals surface area contributed by atoms with Crippen molar-refractivity contribution >= 4 is 23.2 Å². The van der Waals surface area contributed by atoms with E-state index in [2.05, 4.69) is 16.0 Å². The van der Waals surface area contributed by atoms with Crippen LogP contribution >= 0.6 is 0 Å². The molecule has 0 heterocycles. The molecule has 166 valence electrons. The predicted octanol–water partition coefficient (Wildman–Crippen LogP) is 5.02. The zero-order chi connectivity index (χ0) is 22.9. The van der Waals surface area contributed by atoms with E-state index in [9.17, 15) is 9.59 Å². The number of amides is 2. The van der Waals surface area contributed by atoms with Gasteiger partial charge in [-0.15, -0.1) is 0 Å². The van der Waals surface area contributed by atoms with E-state index < -0.39 is 0 Å². The fourth-order valence-corrected chi connectivity index (χ4v) is 3.15. The molecule has 6 heteroatoms. The van der Waals surface area contributed by atoms with Crippen LogP contribution in [0.3, 0.4) is 0 Å². The Kier molecular flexibility index (Phi) is 7.86. The second kappa shape index (κ2) is 11.0. The van der Waals surface area contributed by atoms with Crippen molar-refractivity contribution in [3.05, 3.63) is 90.0 Å². The Bertz CT molecular complexity index is 1030. The lowest BCUT2D eigenvalue weighted by Gasteiger charge is -2.15. The summed E-state index contributed by atoms with van der Waals surface area (Å²) in [5, 5.41) is 8.89. The zero-order valence-corrected chi connectivity index (χ0v) is 18.6. The maximum absolute atomic E-state index is 12.6. The largest absolute Gasteiger partial charge is 0.491 e. The molecule has 0 bridgehead atoms. The molecule has 0 saturated heterocycles. The fourth-order valence-electron chi connectivity index (χ4n) is 3.15. The van der Waals surface area contributed by atoms with E-state index in [1.54, 1.807) is 24.3 Å². The lowest BCUT2D eigenvalue weighted by Crippen LogP contribution is -2.27. The van der Waals surface area contributed by atoms with Gasteiger partial charge in [0.25, 0.3) is 5.91 Å². The van der Waals surface area contributed by atoms with Crippen LogP contribution in [0, 0.1) is 0 Å². The first-order chi connectivity index (χ1) is 15.4. The third-order valence-corrected chi connectivity index (χ3v) is 4.73. The lowest BCUT2D eigenvalue weighted by molar-refractivity contribution is -0.114. The van der Waals surface area contributed by atoms with Crippen molar-refractivity contribution in [2.24, 2.45) is 0 Å². The minimum atomic E-state index is -0.206. The van der Waals surface area contributed by atoms with Gasteiger partial charge in [-0.05, 0) is 68.8 Å². The summed E-state index contributed by atoms with van der Waals surface area (Å²) in [5.74, 6) is 0.383. The molecule has 32 heavy (non-hydrogen) atoms. The Morgan fingerprint density at radius 3 is 2.25 bits per heavy atom. The summed E-state index contributed by atoms with van der Waals surface area (Å²) in [5.41, 5.74) is 2.90. The topological polar surface area (TPSA) is 79.5 Å². The van der Waals surface area contributed by atoms with E-state index in [1.807, 2.05) is 75.4 Å². The van der Waals surface area contributed by atoms with Gasteiger partial charge in [0.05, 0.1) is 18.7 Å². The van der Waals surface area contributed by atoms with Gasteiger partial charge >= 0.3 is 0 Å². The summed E-state index contributed by atoms with van der Waals surface area (Å²) in [4.78, 5) is 25.0. The molecule has 0 aliphatic heterocycles. The van der Waals surface area contributed by atoms with Crippen LogP contribution in [0.25, 0.3) is 0 Å². The van der Waals surface area contributed by atoms with Gasteiger partial charge in [0.2, 0.25) is 5.91 Å². The Morgan fingerprint density at radius 2 is 1.56 bits per heavy atom. The van der Waals surface area contributed by atoms with Gasteiger partial charge in [0.1, 0.15) is 5.75 Å². The summed E-state index contributed by atoms with van der Waals surface area (Å²) < 4.78 is 5.61. The summed E-state index contributed by atoms with van der Waals surface area (Å²) >= 11 is 0. The fraction of sp³-hybridized carbons (Fsp3) is 0.231. The maximum atomic E-state index is 12.6. The van der Waals surface area contributed by atoms with Gasteiger partial charge in [-0.1, -0.05) is 36.4 Å². The molecular formula is C26H29N3O3. The quantitative estimate of drug-likeness (QED) is 0.445. The average Bonchev–Trinajstić information content (AvgIpc) is 2.79. The van der Waals surface area contributed by atoms with Crippen LogP contribution in [0.2, 0.25) is 0 Å². The van der Waals surface area contributed by atoms with E-state index in [-0.39, 0.29) is 30.5 Å². The highest BCUT2D eigenvalue weighted by molar-refractivity contribution is 5.98.